The molecule has 1 aromatic heterocycles. The van der Waals surface area contributed by atoms with E-state index in [0.29, 0.717) is 49.8 Å². The minimum Gasteiger partial charge on any atom is -0.480 e. The number of nitrogens with zero attached hydrogens (tertiary/aromatic N) is 5. The number of imide groups is 1. The number of aromatic nitrogens is 2. The summed E-state index contributed by atoms with van der Waals surface area (Å²) in [4.78, 5) is 175. The van der Waals surface area contributed by atoms with Gasteiger partial charge in [0, 0.05) is 109 Å². The number of thioether (sulfide) groups is 1. The van der Waals surface area contributed by atoms with Crippen molar-refractivity contribution in [1.29, 1.82) is 0 Å². The molecular formula is C74H76F2N11O19S+. The molecule has 6 atom stereocenters. The third-order valence-corrected chi connectivity index (χ3v) is 19.3. The van der Waals surface area contributed by atoms with Crippen molar-refractivity contribution < 1.29 is 91.5 Å². The summed E-state index contributed by atoms with van der Waals surface area (Å²) >= 11 is 0.642. The van der Waals surface area contributed by atoms with E-state index in [1.807, 2.05) is 0 Å². The molecule has 1 fully saturated rings. The van der Waals surface area contributed by atoms with Gasteiger partial charge in [-0.1, -0.05) is 60.7 Å². The average molecular weight is 1490 g/mol. The number of amides is 6. The number of carboxylic acid groups (broad SMARTS) is 5. The highest BCUT2D eigenvalue weighted by Gasteiger charge is 2.42. The van der Waals surface area contributed by atoms with E-state index in [9.17, 15) is 87.9 Å². The highest BCUT2D eigenvalue weighted by Crippen LogP contribution is 2.45. The maximum absolute atomic E-state index is 15.0. The Balaban J connectivity index is 0.761. The monoisotopic (exact) mass is 1490 g/mol. The molecule has 6 aromatic rings. The summed E-state index contributed by atoms with van der Waals surface area (Å²) in [6, 6.07) is 22.7. The summed E-state index contributed by atoms with van der Waals surface area (Å²) in [5, 5.41) is 60.3. The Kier molecular flexibility index (Phi) is 25.2. The fourth-order valence-electron chi connectivity index (χ4n) is 12.2. The van der Waals surface area contributed by atoms with Crippen LogP contribution < -0.4 is 63.7 Å². The highest BCUT2D eigenvalue weighted by molar-refractivity contribution is 8.00. The van der Waals surface area contributed by atoms with Crippen LogP contribution in [0.15, 0.2) is 135 Å². The second-order valence-corrected chi connectivity index (χ2v) is 26.9. The predicted octanol–water partition coefficient (Wildman–Crippen LogP) is 3.73. The summed E-state index contributed by atoms with van der Waals surface area (Å²) < 4.78 is 40.1. The number of aliphatic carboxylic acids is 3. The van der Waals surface area contributed by atoms with Gasteiger partial charge in [-0.15, -0.1) is 11.8 Å². The molecule has 13 N–H and O–H groups in total. The number of halogens is 2. The van der Waals surface area contributed by atoms with Gasteiger partial charge in [0.05, 0.1) is 46.8 Å². The molecule has 5 unspecified atom stereocenters. The number of aromatic carboxylic acids is 2. The van der Waals surface area contributed by atoms with Gasteiger partial charge in [0.1, 0.15) is 61.2 Å². The first-order valence-electron chi connectivity index (χ1n) is 33.3. The molecule has 5 aromatic carbocycles. The maximum atomic E-state index is 15.0. The Hall–Kier alpha value is -12.2. The second kappa shape index (κ2) is 34.1. The lowest BCUT2D eigenvalue weighted by Crippen LogP contribution is -2.53. The Morgan fingerprint density at radius 2 is 1.28 bits per heavy atom. The number of nitrogens with one attached hydrogen (secondary N) is 4. The average Bonchev–Trinajstić information content (AvgIpc) is 1.29. The lowest BCUT2D eigenvalue weighted by Gasteiger charge is -2.22. The van der Waals surface area contributed by atoms with Crippen LogP contribution in [0, 0.1) is 18.6 Å². The number of hydrogen-bond donors (Lipinski definition) is 11. The van der Waals surface area contributed by atoms with Gasteiger partial charge in [0.15, 0.2) is 0 Å². The van der Waals surface area contributed by atoms with E-state index >= 15 is 8.78 Å². The van der Waals surface area contributed by atoms with Gasteiger partial charge in [-0.3, -0.25) is 42.7 Å². The largest absolute Gasteiger partial charge is 0.480 e. The highest BCUT2D eigenvalue weighted by atomic mass is 32.2. The predicted molar refractivity (Wildman–Crippen MR) is 387 cm³/mol. The zero-order chi connectivity index (χ0) is 78.0. The summed E-state index contributed by atoms with van der Waals surface area (Å²) in [6.45, 7) is -0.0841. The molecular weight excluding hydrogens is 1420 g/mol. The number of carbonyl (C=O) groups is 11. The van der Waals surface area contributed by atoms with Crippen LogP contribution in [-0.2, 0) is 62.7 Å². The molecule has 3 aliphatic rings. The van der Waals surface area contributed by atoms with Gasteiger partial charge in [-0.2, -0.15) is 0 Å². The number of benzene rings is 6. The normalized spacial score (nSPS) is 14.2. The van der Waals surface area contributed by atoms with E-state index in [4.69, 9.17) is 15.9 Å². The van der Waals surface area contributed by atoms with Gasteiger partial charge in [-0.05, 0) is 85.3 Å². The van der Waals surface area contributed by atoms with E-state index in [1.165, 1.54) is 6.92 Å². The molecule has 2 aliphatic heterocycles. The molecule has 6 amide bonds. The molecule has 0 bridgehead atoms. The number of hydrogen-bond acceptors (Lipinski definition) is 18. The first kappa shape index (κ1) is 78.9. The summed E-state index contributed by atoms with van der Waals surface area (Å²) in [7, 11) is 7.19. The van der Waals surface area contributed by atoms with Crippen molar-refractivity contribution >= 4 is 99.4 Å². The number of fused-ring (bicyclic) bond motifs is 2. The second-order valence-electron chi connectivity index (χ2n) is 25.7. The Morgan fingerprint density at radius 3 is 1.88 bits per heavy atom. The van der Waals surface area contributed by atoms with E-state index in [1.54, 1.807) is 129 Å². The van der Waals surface area contributed by atoms with E-state index < -0.39 is 197 Å². The number of aryl methyl sites for hydroxylation is 1. The van der Waals surface area contributed by atoms with Gasteiger partial charge in [0.2, 0.25) is 40.8 Å². The Labute approximate surface area is 611 Å². The first-order valence-corrected chi connectivity index (χ1v) is 34.4. The number of rotatable bonds is 32. The van der Waals surface area contributed by atoms with Gasteiger partial charge >= 0.3 is 35.5 Å². The number of nitrogens with two attached hydrogens (primary N) is 2. The van der Waals surface area contributed by atoms with Crippen LogP contribution in [0.25, 0.3) is 44.5 Å². The molecule has 560 valence electrons. The maximum Gasteiger partial charge on any atom is 0.336 e. The van der Waals surface area contributed by atoms with Crippen molar-refractivity contribution in [2.75, 3.05) is 50.3 Å². The molecule has 0 spiro atoms. The first-order chi connectivity index (χ1) is 50.7. The number of anilines is 2. The lowest BCUT2D eigenvalue weighted by molar-refractivity contribution is -0.143. The molecule has 107 heavy (non-hydrogen) atoms. The van der Waals surface area contributed by atoms with Gasteiger partial charge in [0.25, 0.3) is 5.56 Å². The standard InChI is InChI=1S/C74H75F2N11O19S/c1-37-63(68(94)86(35-52(78)39-12-7-6-8-13-39)74(105)85(37)34-48-49(75)15-10-16-50(48)76)40-14-9-11-38(27-40)17-24-60(89)80-54(72(101)102)23-26-61(90)81-53(71(99)100)22-25-59(88)79-33-51(77)66(92)82-55(73(103)104)36-107-58-32-62(91)87(67(58)93)43-28-46(69(95)96)65(47(29-43)70(97)98)64-44-20-18-41(83(2)3)30-56(44)106-57-31-42(84(4)5)19-21-45(57)64/h6-16,18-21,27-31,51-55,58H,17,22-26,32-36,77-78H2,1-5H3,(H8-,79,80,81,82,88,89,90,92,95,96,97,98,99,100,101,102,103,104)/p+1/t51?,52-,53?,54?,55?,58?/m0/s1. The lowest BCUT2D eigenvalue weighted by atomic mass is 9.87. The molecule has 0 radical (unpaired) electrons. The van der Waals surface area contributed by atoms with E-state index in [0.717, 1.165) is 39.5 Å². The molecule has 30 nitrogen and oxygen atoms in total. The summed E-state index contributed by atoms with van der Waals surface area (Å²) in [6.07, 6.45) is -3.17. The summed E-state index contributed by atoms with van der Waals surface area (Å²) in [5.41, 5.74) is 11.5. The zero-order valence-electron chi connectivity index (χ0n) is 58.3. The Bertz CT molecular complexity index is 5000. The topological polar surface area (TPSA) is 456 Å². The molecule has 9 rings (SSSR count). The van der Waals surface area contributed by atoms with Crippen molar-refractivity contribution in [2.24, 2.45) is 11.5 Å². The molecule has 3 heterocycles. The van der Waals surface area contributed by atoms with Crippen LogP contribution >= 0.6 is 11.8 Å². The minimum absolute atomic E-state index is 0.00991. The van der Waals surface area contributed by atoms with Crippen molar-refractivity contribution in [2.45, 2.75) is 100 Å². The van der Waals surface area contributed by atoms with Crippen molar-refractivity contribution in [1.82, 2.24) is 35.0 Å². The molecule has 0 saturated carbocycles. The number of carbonyl (C=O) groups excluding carboxylic acids is 6. The van der Waals surface area contributed by atoms with Crippen LogP contribution in [0.2, 0.25) is 0 Å². The van der Waals surface area contributed by atoms with Crippen molar-refractivity contribution in [3.63, 3.8) is 0 Å². The van der Waals surface area contributed by atoms with E-state index in [2.05, 4.69) is 21.3 Å². The van der Waals surface area contributed by atoms with Crippen LogP contribution in [0.5, 0.6) is 0 Å². The third kappa shape index (κ3) is 18.5. The SMILES string of the molecule is Cc1c(-c2cccc(CCC(=O)NC(CCC(=O)NC(CCC(=O)NCC(N)C(=O)NC(CSC3CC(=O)N(c4cc(C(=O)O)c(-c5c6ccc(=[N+](C)C)cc-6oc6cc(N(C)C)ccc56)c(C(=O)O)c4)C3=O)C(=O)O)C(=O)O)C(=O)O)c2)c(=O)n(C[C@H](N)c2ccccc2)c(=O)n1Cc1c(F)cccc1F. The van der Waals surface area contributed by atoms with Crippen LogP contribution in [0.4, 0.5) is 20.2 Å². The third-order valence-electron chi connectivity index (χ3n) is 18.0. The number of carboxylic acids is 5. The van der Waals surface area contributed by atoms with E-state index in [-0.39, 0.29) is 58.7 Å². The van der Waals surface area contributed by atoms with Crippen LogP contribution in [0.1, 0.15) is 87.7 Å². The summed E-state index contributed by atoms with van der Waals surface area (Å²) in [5.74, 6) is -15.6. The molecule has 33 heteroatoms. The van der Waals surface area contributed by atoms with Crippen molar-refractivity contribution in [3.8, 4) is 33.6 Å². The molecule has 1 saturated heterocycles. The van der Waals surface area contributed by atoms with Crippen molar-refractivity contribution in [3.05, 3.63) is 193 Å². The van der Waals surface area contributed by atoms with Crippen LogP contribution in [-0.4, -0.2) is 170 Å². The minimum atomic E-state index is -1.76. The van der Waals surface area contributed by atoms with Crippen LogP contribution in [0.3, 0.4) is 0 Å². The fraction of sp³-hybridized carbons (Fsp3) is 0.297. The quantitative estimate of drug-likeness (QED) is 0.0162. The zero-order valence-corrected chi connectivity index (χ0v) is 59.1. The van der Waals surface area contributed by atoms with Gasteiger partial charge < -0.3 is 67.6 Å². The van der Waals surface area contributed by atoms with Gasteiger partial charge in [-0.25, -0.2) is 47.0 Å². The molecule has 1 aliphatic carbocycles. The Morgan fingerprint density at radius 1 is 0.673 bits per heavy atom. The fourth-order valence-corrected chi connectivity index (χ4v) is 13.4. The smallest absolute Gasteiger partial charge is 0.336 e.